The first-order valence-electron chi connectivity index (χ1n) is 19.6. The Hall–Kier alpha value is -5.40. The SMILES string of the molecule is [2H]c1c([2H])c([2H])c2c(-c3c4ccccc4c(-c4ccc5oc6c7c([2H])c([2H])c([2H])c([2H])c7c([2H])c([2H])c6c5c4)c4ccccc34)c([2H])c([2H])c([2H])c2c1[2H]. The minimum Gasteiger partial charge on any atom is -0.455 e. The summed E-state index contributed by atoms with van der Waals surface area (Å²) in [5.74, 6) is 0. The van der Waals surface area contributed by atoms with E-state index in [4.69, 9.17) is 22.2 Å². The van der Waals surface area contributed by atoms with Crippen LogP contribution in [-0.2, 0) is 0 Å². The summed E-state index contributed by atoms with van der Waals surface area (Å²) < 4.78 is 119. The summed E-state index contributed by atoms with van der Waals surface area (Å²) >= 11 is 0. The molecule has 1 heterocycles. The normalized spacial score (nSPS) is 16.3. The van der Waals surface area contributed by atoms with Crippen molar-refractivity contribution in [3.8, 4) is 22.3 Å². The van der Waals surface area contributed by atoms with Crippen molar-refractivity contribution in [3.05, 3.63) is 145 Å². The summed E-state index contributed by atoms with van der Waals surface area (Å²) in [5, 5.41) is 3.15. The Morgan fingerprint density at radius 2 is 1.05 bits per heavy atom. The molecule has 190 valence electrons. The Morgan fingerprint density at radius 1 is 0.439 bits per heavy atom. The Balaban J connectivity index is 1.43. The van der Waals surface area contributed by atoms with E-state index >= 15 is 0 Å². The van der Waals surface area contributed by atoms with E-state index in [9.17, 15) is 0 Å². The van der Waals surface area contributed by atoms with Gasteiger partial charge in [-0.2, -0.15) is 0 Å². The second-order valence-corrected chi connectivity index (χ2v) is 9.86. The van der Waals surface area contributed by atoms with Crippen LogP contribution in [0, 0.1) is 0 Å². The topological polar surface area (TPSA) is 13.1 Å². The molecule has 9 rings (SSSR count). The van der Waals surface area contributed by atoms with E-state index in [0.29, 0.717) is 43.6 Å². The predicted molar refractivity (Wildman–Crippen MR) is 175 cm³/mol. The maximum absolute atomic E-state index is 9.16. The third-order valence-electron chi connectivity index (χ3n) is 7.70. The number of benzene rings is 8. The zero-order valence-corrected chi connectivity index (χ0v) is 21.3. The summed E-state index contributed by atoms with van der Waals surface area (Å²) in [6, 6.07) is 14.7. The molecule has 41 heavy (non-hydrogen) atoms. The number of hydrogen-bond acceptors (Lipinski definition) is 1. The number of hydrogen-bond donors (Lipinski definition) is 0. The largest absolute Gasteiger partial charge is 0.455 e. The molecule has 0 bridgehead atoms. The van der Waals surface area contributed by atoms with Gasteiger partial charge in [0.15, 0.2) is 0 Å². The maximum atomic E-state index is 9.16. The molecule has 9 aromatic rings. The van der Waals surface area contributed by atoms with Crippen molar-refractivity contribution < 1.29 is 22.2 Å². The molecule has 0 spiro atoms. The van der Waals surface area contributed by atoms with Gasteiger partial charge in [-0.1, -0.05) is 127 Å². The van der Waals surface area contributed by atoms with Gasteiger partial charge in [-0.3, -0.25) is 0 Å². The Bertz CT molecular complexity index is 3140. The third kappa shape index (κ3) is 3.24. The first-order valence-corrected chi connectivity index (χ1v) is 13.1. The quantitative estimate of drug-likeness (QED) is 0.201. The van der Waals surface area contributed by atoms with Gasteiger partial charge in [0.25, 0.3) is 0 Å². The van der Waals surface area contributed by atoms with Gasteiger partial charge >= 0.3 is 0 Å². The van der Waals surface area contributed by atoms with Gasteiger partial charge in [0.2, 0.25) is 0 Å². The van der Waals surface area contributed by atoms with Crippen LogP contribution in [0.25, 0.3) is 87.3 Å². The smallest absolute Gasteiger partial charge is 0.143 e. The zero-order chi connectivity index (χ0) is 38.2. The zero-order valence-electron chi connectivity index (χ0n) is 34.3. The molecule has 0 amide bonds. The van der Waals surface area contributed by atoms with Gasteiger partial charge in [0.05, 0.1) is 17.8 Å². The lowest BCUT2D eigenvalue weighted by Gasteiger charge is -2.18. The van der Waals surface area contributed by atoms with Crippen LogP contribution >= 0.6 is 0 Å². The fraction of sp³-hybridized carbons (Fsp3) is 0. The third-order valence-corrected chi connectivity index (χ3v) is 7.70. The molecule has 0 aliphatic carbocycles. The molecule has 0 saturated heterocycles. The lowest BCUT2D eigenvalue weighted by molar-refractivity contribution is 0.672. The highest BCUT2D eigenvalue weighted by Crippen LogP contribution is 2.46. The van der Waals surface area contributed by atoms with Crippen LogP contribution in [0.3, 0.4) is 0 Å². The van der Waals surface area contributed by atoms with E-state index in [1.807, 2.05) is 60.7 Å². The average molecular weight is 534 g/mol. The Labute approximate surface area is 255 Å². The fourth-order valence-electron chi connectivity index (χ4n) is 5.96. The van der Waals surface area contributed by atoms with E-state index in [0.717, 1.165) is 5.56 Å². The summed E-state index contributed by atoms with van der Waals surface area (Å²) in [6.45, 7) is 0. The molecule has 0 radical (unpaired) electrons. The summed E-state index contributed by atoms with van der Waals surface area (Å²) in [5.41, 5.74) is 2.46. The first-order chi connectivity index (χ1) is 25.8. The van der Waals surface area contributed by atoms with E-state index in [1.165, 1.54) is 0 Å². The van der Waals surface area contributed by atoms with Gasteiger partial charge in [-0.15, -0.1) is 0 Å². The first kappa shape index (κ1) is 13.3. The van der Waals surface area contributed by atoms with Crippen LogP contribution in [0.15, 0.2) is 150 Å². The van der Waals surface area contributed by atoms with E-state index in [1.54, 1.807) is 6.07 Å². The monoisotopic (exact) mass is 533 g/mol. The van der Waals surface area contributed by atoms with Crippen LogP contribution in [0.5, 0.6) is 0 Å². The van der Waals surface area contributed by atoms with Crippen LogP contribution in [-0.4, -0.2) is 0 Å². The van der Waals surface area contributed by atoms with Crippen molar-refractivity contribution in [1.29, 1.82) is 0 Å². The van der Waals surface area contributed by atoms with E-state index in [2.05, 4.69) is 0 Å². The highest BCUT2D eigenvalue weighted by atomic mass is 16.3. The van der Waals surface area contributed by atoms with E-state index in [-0.39, 0.29) is 62.2 Å². The van der Waals surface area contributed by atoms with Crippen LogP contribution in [0.4, 0.5) is 0 Å². The summed E-state index contributed by atoms with van der Waals surface area (Å²) in [7, 11) is 0. The molecule has 0 saturated carbocycles. The van der Waals surface area contributed by atoms with Crippen molar-refractivity contribution in [1.82, 2.24) is 0 Å². The number of furan rings is 1. The van der Waals surface area contributed by atoms with Crippen LogP contribution < -0.4 is 0 Å². The van der Waals surface area contributed by atoms with Gasteiger partial charge in [-0.05, 0) is 78.1 Å². The van der Waals surface area contributed by atoms with Crippen molar-refractivity contribution in [2.45, 2.75) is 0 Å². The molecular weight excluding hydrogens is 496 g/mol. The highest BCUT2D eigenvalue weighted by Gasteiger charge is 2.19. The number of rotatable bonds is 2. The molecule has 1 nitrogen and oxygen atoms in total. The maximum Gasteiger partial charge on any atom is 0.143 e. The predicted octanol–water partition coefficient (Wildman–Crippen LogP) is 11.5. The minimum absolute atomic E-state index is 0.0132. The van der Waals surface area contributed by atoms with Crippen LogP contribution in [0.2, 0.25) is 0 Å². The van der Waals surface area contributed by atoms with Gasteiger partial charge in [0, 0.05) is 16.2 Å². The standard InChI is InChI=1S/C40H24O/c1-3-13-28-25(10-1)12-9-19-30(28)39-33-17-7-5-15-31(33)38(32-16-6-8-18-34(32)39)27-21-23-37-36(24-27)35-22-20-26-11-2-4-14-29(26)40(35)41-37/h1-24H/i1D,2D,3D,4D,9D,10D,11D,12D,13D,14D,19D,20D,22D. The second-order valence-electron chi connectivity index (χ2n) is 9.86. The summed E-state index contributed by atoms with van der Waals surface area (Å²) in [4.78, 5) is 0. The lowest BCUT2D eigenvalue weighted by Crippen LogP contribution is -1.91. The molecule has 1 aromatic heterocycles. The van der Waals surface area contributed by atoms with Gasteiger partial charge in [0.1, 0.15) is 11.2 Å². The Kier molecular flexibility index (Phi) is 2.77. The summed E-state index contributed by atoms with van der Waals surface area (Å²) in [6.07, 6.45) is 0. The molecule has 8 aromatic carbocycles. The molecule has 0 unspecified atom stereocenters. The average Bonchev–Trinajstić information content (AvgIpc) is 3.56. The van der Waals surface area contributed by atoms with Crippen molar-refractivity contribution in [2.24, 2.45) is 0 Å². The number of fused-ring (bicyclic) bond motifs is 8. The van der Waals surface area contributed by atoms with Crippen molar-refractivity contribution >= 4 is 65.0 Å². The van der Waals surface area contributed by atoms with E-state index < -0.39 is 54.4 Å². The molecular formula is C40H24O. The fourth-order valence-corrected chi connectivity index (χ4v) is 5.96. The van der Waals surface area contributed by atoms with Gasteiger partial charge < -0.3 is 4.42 Å². The molecule has 0 N–H and O–H groups in total. The Morgan fingerprint density at radius 3 is 1.78 bits per heavy atom. The minimum atomic E-state index is -0.530. The lowest BCUT2D eigenvalue weighted by atomic mass is 9.84. The molecule has 0 fully saturated rings. The molecule has 1 heteroatoms. The van der Waals surface area contributed by atoms with Gasteiger partial charge in [-0.25, -0.2) is 0 Å². The highest BCUT2D eigenvalue weighted by molar-refractivity contribution is 6.24. The van der Waals surface area contributed by atoms with Crippen molar-refractivity contribution in [2.75, 3.05) is 0 Å². The second kappa shape index (κ2) is 8.55. The van der Waals surface area contributed by atoms with Crippen molar-refractivity contribution in [3.63, 3.8) is 0 Å². The molecule has 0 aliphatic heterocycles. The molecule has 0 atom stereocenters. The molecule has 0 aliphatic rings. The van der Waals surface area contributed by atoms with Crippen LogP contribution in [0.1, 0.15) is 17.8 Å².